The number of esters is 1. The first-order chi connectivity index (χ1) is 13.2. The van der Waals surface area contributed by atoms with E-state index in [2.05, 4.69) is 16.0 Å². The van der Waals surface area contributed by atoms with Gasteiger partial charge in [-0.25, -0.2) is 9.78 Å². The van der Waals surface area contributed by atoms with Gasteiger partial charge in [0, 0.05) is 6.08 Å². The van der Waals surface area contributed by atoms with Crippen LogP contribution in [-0.4, -0.2) is 36.9 Å². The molecule has 0 aliphatic carbocycles. The number of carbonyl (C=O) groups is 1. The van der Waals surface area contributed by atoms with Gasteiger partial charge in [-0.3, -0.25) is 0 Å². The fourth-order valence-corrected chi connectivity index (χ4v) is 4.03. The molecule has 5 rings (SSSR count). The summed E-state index contributed by atoms with van der Waals surface area (Å²) in [6, 6.07) is 13.6. The molecule has 1 aromatic heterocycles. The SMILES string of the molecule is O=C(/C=C/c1ccc2c(c1)OCO2)OC1CN(c2nc3ccccc3s2)C1. The van der Waals surface area contributed by atoms with Crippen LogP contribution in [0.5, 0.6) is 11.5 Å². The number of aromatic nitrogens is 1. The summed E-state index contributed by atoms with van der Waals surface area (Å²) < 4.78 is 17.2. The lowest BCUT2D eigenvalue weighted by atomic mass is 10.2. The Labute approximate surface area is 159 Å². The van der Waals surface area contributed by atoms with Crippen LogP contribution in [-0.2, 0) is 9.53 Å². The number of anilines is 1. The monoisotopic (exact) mass is 380 g/mol. The largest absolute Gasteiger partial charge is 0.455 e. The Morgan fingerprint density at radius 2 is 2.04 bits per heavy atom. The number of benzene rings is 2. The van der Waals surface area contributed by atoms with E-state index in [-0.39, 0.29) is 18.9 Å². The van der Waals surface area contributed by atoms with Crippen LogP contribution in [0.1, 0.15) is 5.56 Å². The van der Waals surface area contributed by atoms with Gasteiger partial charge in [0.05, 0.1) is 23.3 Å². The summed E-state index contributed by atoms with van der Waals surface area (Å²) in [7, 11) is 0. The Morgan fingerprint density at radius 3 is 2.93 bits per heavy atom. The van der Waals surface area contributed by atoms with Gasteiger partial charge in [0.15, 0.2) is 16.6 Å². The minimum absolute atomic E-state index is 0.106. The van der Waals surface area contributed by atoms with Gasteiger partial charge in [-0.05, 0) is 35.9 Å². The van der Waals surface area contributed by atoms with Gasteiger partial charge >= 0.3 is 5.97 Å². The number of nitrogens with zero attached hydrogens (tertiary/aromatic N) is 2. The predicted octanol–water partition coefficient (Wildman–Crippen LogP) is 3.47. The molecule has 0 unspecified atom stereocenters. The van der Waals surface area contributed by atoms with Crippen LogP contribution in [0.15, 0.2) is 48.5 Å². The number of hydrogen-bond acceptors (Lipinski definition) is 7. The Bertz CT molecular complexity index is 1010. The van der Waals surface area contributed by atoms with E-state index in [1.54, 1.807) is 17.4 Å². The first-order valence-electron chi connectivity index (χ1n) is 8.63. The number of fused-ring (bicyclic) bond motifs is 2. The highest BCUT2D eigenvalue weighted by molar-refractivity contribution is 7.22. The Kier molecular flexibility index (Phi) is 3.94. The molecule has 3 aromatic rings. The maximum absolute atomic E-state index is 12.0. The van der Waals surface area contributed by atoms with Crippen molar-refractivity contribution in [2.45, 2.75) is 6.10 Å². The van der Waals surface area contributed by atoms with Gasteiger partial charge in [0.1, 0.15) is 6.10 Å². The molecule has 3 heterocycles. The molecule has 1 saturated heterocycles. The van der Waals surface area contributed by atoms with E-state index in [1.165, 1.54) is 10.8 Å². The van der Waals surface area contributed by atoms with Crippen molar-refractivity contribution in [3.63, 3.8) is 0 Å². The summed E-state index contributed by atoms with van der Waals surface area (Å²) in [5.74, 6) is 1.07. The highest BCUT2D eigenvalue weighted by atomic mass is 32.1. The molecule has 2 aliphatic heterocycles. The zero-order chi connectivity index (χ0) is 18.2. The molecule has 136 valence electrons. The summed E-state index contributed by atoms with van der Waals surface area (Å²) in [6.45, 7) is 1.57. The van der Waals surface area contributed by atoms with Crippen molar-refractivity contribution in [2.24, 2.45) is 0 Å². The van der Waals surface area contributed by atoms with Crippen molar-refractivity contribution < 1.29 is 19.0 Å². The average molecular weight is 380 g/mol. The number of para-hydroxylation sites is 1. The van der Waals surface area contributed by atoms with Crippen LogP contribution in [0, 0.1) is 0 Å². The zero-order valence-electron chi connectivity index (χ0n) is 14.3. The van der Waals surface area contributed by atoms with Crippen molar-refractivity contribution >= 4 is 38.7 Å². The van der Waals surface area contributed by atoms with E-state index >= 15 is 0 Å². The molecular weight excluding hydrogens is 364 g/mol. The second-order valence-electron chi connectivity index (χ2n) is 6.37. The maximum Gasteiger partial charge on any atom is 0.331 e. The minimum Gasteiger partial charge on any atom is -0.455 e. The first-order valence-corrected chi connectivity index (χ1v) is 9.45. The van der Waals surface area contributed by atoms with E-state index in [1.807, 2.05) is 36.4 Å². The second kappa shape index (κ2) is 6.59. The van der Waals surface area contributed by atoms with Crippen LogP contribution in [0.2, 0.25) is 0 Å². The Morgan fingerprint density at radius 1 is 1.19 bits per heavy atom. The first kappa shape index (κ1) is 16.1. The van der Waals surface area contributed by atoms with Gasteiger partial charge < -0.3 is 19.1 Å². The standard InChI is InChI=1S/C20H16N2O4S/c23-19(8-6-13-5-7-16-17(9-13)25-12-24-16)26-14-10-22(11-14)20-21-15-3-1-2-4-18(15)27-20/h1-9,14H,10-12H2/b8-6+. The quantitative estimate of drug-likeness (QED) is 0.510. The number of ether oxygens (including phenoxy) is 3. The fourth-order valence-electron chi connectivity index (χ4n) is 3.05. The van der Waals surface area contributed by atoms with Crippen LogP contribution in [0.3, 0.4) is 0 Å². The van der Waals surface area contributed by atoms with Crippen LogP contribution in [0.4, 0.5) is 5.13 Å². The summed E-state index contributed by atoms with van der Waals surface area (Å²) in [5, 5.41) is 0.972. The molecular formula is C20H16N2O4S. The van der Waals surface area contributed by atoms with Gasteiger partial charge in [0.2, 0.25) is 6.79 Å². The average Bonchev–Trinajstić information content (AvgIpc) is 3.28. The number of hydrogen-bond donors (Lipinski definition) is 0. The molecule has 2 aliphatic rings. The highest BCUT2D eigenvalue weighted by Gasteiger charge is 2.31. The van der Waals surface area contributed by atoms with E-state index in [9.17, 15) is 4.79 Å². The van der Waals surface area contributed by atoms with Crippen molar-refractivity contribution in [1.29, 1.82) is 0 Å². The molecule has 7 heteroatoms. The molecule has 27 heavy (non-hydrogen) atoms. The second-order valence-corrected chi connectivity index (χ2v) is 7.38. The summed E-state index contributed by atoms with van der Waals surface area (Å²) in [6.07, 6.45) is 3.05. The Hall–Kier alpha value is -3.06. The van der Waals surface area contributed by atoms with Crippen molar-refractivity contribution in [3.05, 3.63) is 54.1 Å². The van der Waals surface area contributed by atoms with Gasteiger partial charge in [-0.2, -0.15) is 0 Å². The lowest BCUT2D eigenvalue weighted by Gasteiger charge is -2.37. The molecule has 0 N–H and O–H groups in total. The lowest BCUT2D eigenvalue weighted by molar-refractivity contribution is -0.143. The van der Waals surface area contributed by atoms with E-state index in [0.717, 1.165) is 22.0 Å². The van der Waals surface area contributed by atoms with E-state index in [0.29, 0.717) is 18.8 Å². The molecule has 6 nitrogen and oxygen atoms in total. The molecule has 0 bridgehead atoms. The molecule has 0 radical (unpaired) electrons. The molecule has 0 saturated carbocycles. The predicted molar refractivity (Wildman–Crippen MR) is 103 cm³/mol. The Balaban J connectivity index is 1.16. The topological polar surface area (TPSA) is 60.9 Å². The normalized spacial score (nSPS) is 16.1. The molecule has 2 aromatic carbocycles. The summed E-state index contributed by atoms with van der Waals surface area (Å²) >= 11 is 1.66. The summed E-state index contributed by atoms with van der Waals surface area (Å²) in [5.41, 5.74) is 1.87. The molecule has 0 amide bonds. The van der Waals surface area contributed by atoms with Crippen LogP contribution >= 0.6 is 11.3 Å². The third kappa shape index (κ3) is 3.21. The summed E-state index contributed by atoms with van der Waals surface area (Å²) in [4.78, 5) is 18.8. The number of rotatable bonds is 4. The molecule has 1 fully saturated rings. The van der Waals surface area contributed by atoms with Gasteiger partial charge in [-0.1, -0.05) is 29.5 Å². The zero-order valence-corrected chi connectivity index (χ0v) is 15.1. The number of carbonyl (C=O) groups excluding carboxylic acids is 1. The van der Waals surface area contributed by atoms with E-state index < -0.39 is 0 Å². The maximum atomic E-state index is 12.0. The van der Waals surface area contributed by atoms with Crippen molar-refractivity contribution in [2.75, 3.05) is 24.8 Å². The minimum atomic E-state index is -0.346. The van der Waals surface area contributed by atoms with Crippen molar-refractivity contribution in [1.82, 2.24) is 4.98 Å². The van der Waals surface area contributed by atoms with Crippen LogP contribution in [0.25, 0.3) is 16.3 Å². The smallest absolute Gasteiger partial charge is 0.331 e. The molecule has 0 spiro atoms. The lowest BCUT2D eigenvalue weighted by Crippen LogP contribution is -2.52. The van der Waals surface area contributed by atoms with Crippen molar-refractivity contribution in [3.8, 4) is 11.5 Å². The highest BCUT2D eigenvalue weighted by Crippen LogP contribution is 2.33. The fraction of sp³-hybridized carbons (Fsp3) is 0.200. The van der Waals surface area contributed by atoms with Crippen LogP contribution < -0.4 is 14.4 Å². The van der Waals surface area contributed by atoms with E-state index in [4.69, 9.17) is 14.2 Å². The van der Waals surface area contributed by atoms with Gasteiger partial charge in [-0.15, -0.1) is 0 Å². The third-order valence-electron chi connectivity index (χ3n) is 4.49. The number of thiazole rings is 1. The molecule has 0 atom stereocenters. The third-order valence-corrected chi connectivity index (χ3v) is 5.59. The van der Waals surface area contributed by atoms with Gasteiger partial charge in [0.25, 0.3) is 0 Å².